The third-order valence-electron chi connectivity index (χ3n) is 4.54. The third kappa shape index (κ3) is 5.49. The predicted octanol–water partition coefficient (Wildman–Crippen LogP) is 2.31. The summed E-state index contributed by atoms with van der Waals surface area (Å²) in [5.41, 5.74) is 2.55. The van der Waals surface area contributed by atoms with E-state index in [1.165, 1.54) is 11.3 Å². The van der Waals surface area contributed by atoms with Gasteiger partial charge in [0.05, 0.1) is 13.1 Å². The van der Waals surface area contributed by atoms with Crippen molar-refractivity contribution in [1.82, 2.24) is 10.2 Å². The molecule has 0 unspecified atom stereocenters. The standard InChI is InChI=1S/C21H27N3O2/c1-18-6-5-7-19(16-18)24-13-11-23(12-14-24)17-21(25)22-10-15-26-20-8-3-2-4-9-20/h2-9,16H,10-15,17H2,1H3,(H,22,25). The normalized spacial score (nSPS) is 14.9. The summed E-state index contributed by atoms with van der Waals surface area (Å²) in [5, 5.41) is 2.93. The molecule has 1 heterocycles. The zero-order chi connectivity index (χ0) is 18.2. The molecule has 0 spiro atoms. The maximum absolute atomic E-state index is 12.1. The van der Waals surface area contributed by atoms with Gasteiger partial charge in [0.1, 0.15) is 12.4 Å². The van der Waals surface area contributed by atoms with E-state index in [1.807, 2.05) is 30.3 Å². The van der Waals surface area contributed by atoms with Crippen LogP contribution in [-0.4, -0.2) is 56.7 Å². The van der Waals surface area contributed by atoms with Gasteiger partial charge in [-0.15, -0.1) is 0 Å². The fraction of sp³-hybridized carbons (Fsp3) is 0.381. The molecule has 0 radical (unpaired) electrons. The van der Waals surface area contributed by atoms with Gasteiger partial charge in [-0.05, 0) is 36.8 Å². The maximum Gasteiger partial charge on any atom is 0.234 e. The Morgan fingerprint density at radius 3 is 2.54 bits per heavy atom. The molecular formula is C21H27N3O2. The van der Waals surface area contributed by atoms with Crippen molar-refractivity contribution in [3.8, 4) is 5.75 Å². The quantitative estimate of drug-likeness (QED) is 0.776. The van der Waals surface area contributed by atoms with Crippen LogP contribution in [0.1, 0.15) is 5.56 Å². The average Bonchev–Trinajstić information content (AvgIpc) is 2.67. The molecular weight excluding hydrogens is 326 g/mol. The first-order valence-electron chi connectivity index (χ1n) is 9.19. The second-order valence-corrected chi connectivity index (χ2v) is 6.61. The van der Waals surface area contributed by atoms with Gasteiger partial charge in [-0.25, -0.2) is 0 Å². The van der Waals surface area contributed by atoms with E-state index in [2.05, 4.69) is 46.3 Å². The van der Waals surface area contributed by atoms with E-state index < -0.39 is 0 Å². The largest absolute Gasteiger partial charge is 0.492 e. The third-order valence-corrected chi connectivity index (χ3v) is 4.54. The summed E-state index contributed by atoms with van der Waals surface area (Å²) in [5.74, 6) is 0.889. The van der Waals surface area contributed by atoms with Gasteiger partial charge >= 0.3 is 0 Å². The number of nitrogens with one attached hydrogen (secondary N) is 1. The van der Waals surface area contributed by atoms with Crippen LogP contribution >= 0.6 is 0 Å². The molecule has 0 saturated carbocycles. The molecule has 1 saturated heterocycles. The Labute approximate surface area is 155 Å². The number of anilines is 1. The lowest BCUT2D eigenvalue weighted by molar-refractivity contribution is -0.122. The highest BCUT2D eigenvalue weighted by Gasteiger charge is 2.19. The van der Waals surface area contributed by atoms with E-state index in [-0.39, 0.29) is 5.91 Å². The van der Waals surface area contributed by atoms with Gasteiger partial charge in [-0.3, -0.25) is 9.69 Å². The van der Waals surface area contributed by atoms with Gasteiger partial charge in [0.25, 0.3) is 0 Å². The fourth-order valence-electron chi connectivity index (χ4n) is 3.12. The zero-order valence-corrected chi connectivity index (χ0v) is 15.4. The molecule has 1 aliphatic heterocycles. The first kappa shape index (κ1) is 18.3. The van der Waals surface area contributed by atoms with Crippen LogP contribution in [0.25, 0.3) is 0 Å². The minimum absolute atomic E-state index is 0.0608. The molecule has 1 amide bonds. The summed E-state index contributed by atoms with van der Waals surface area (Å²) in [6.45, 7) is 7.29. The highest BCUT2D eigenvalue weighted by molar-refractivity contribution is 5.78. The van der Waals surface area contributed by atoms with Gasteiger partial charge in [-0.2, -0.15) is 0 Å². The summed E-state index contributed by atoms with van der Waals surface area (Å²) in [4.78, 5) is 16.7. The van der Waals surface area contributed by atoms with Crippen molar-refractivity contribution in [2.24, 2.45) is 0 Å². The molecule has 1 fully saturated rings. The summed E-state index contributed by atoms with van der Waals surface area (Å²) < 4.78 is 5.58. The smallest absolute Gasteiger partial charge is 0.234 e. The summed E-state index contributed by atoms with van der Waals surface area (Å²) in [6, 6.07) is 18.2. The number of rotatable bonds is 7. The van der Waals surface area contributed by atoms with Crippen LogP contribution < -0.4 is 15.0 Å². The number of amides is 1. The van der Waals surface area contributed by atoms with E-state index in [1.54, 1.807) is 0 Å². The number of hydrogen-bond donors (Lipinski definition) is 1. The topological polar surface area (TPSA) is 44.8 Å². The number of ether oxygens (including phenoxy) is 1. The minimum Gasteiger partial charge on any atom is -0.492 e. The Bertz CT molecular complexity index is 697. The van der Waals surface area contributed by atoms with Crippen LogP contribution in [0.15, 0.2) is 54.6 Å². The number of hydrogen-bond acceptors (Lipinski definition) is 4. The summed E-state index contributed by atoms with van der Waals surface area (Å²) >= 11 is 0. The number of carbonyl (C=O) groups is 1. The lowest BCUT2D eigenvalue weighted by atomic mass is 10.2. The van der Waals surface area contributed by atoms with Gasteiger partial charge in [0.15, 0.2) is 0 Å². The van der Waals surface area contributed by atoms with Crippen molar-refractivity contribution in [2.45, 2.75) is 6.92 Å². The van der Waals surface area contributed by atoms with Crippen LogP contribution in [0.3, 0.4) is 0 Å². The Hall–Kier alpha value is -2.53. The molecule has 1 aliphatic rings. The van der Waals surface area contributed by atoms with Crippen molar-refractivity contribution in [3.63, 3.8) is 0 Å². The second kappa shape index (κ2) is 9.25. The lowest BCUT2D eigenvalue weighted by Gasteiger charge is -2.35. The Morgan fingerprint density at radius 1 is 1.04 bits per heavy atom. The van der Waals surface area contributed by atoms with E-state index in [0.717, 1.165) is 31.9 Å². The summed E-state index contributed by atoms with van der Waals surface area (Å²) in [6.07, 6.45) is 0. The van der Waals surface area contributed by atoms with Gasteiger partial charge in [0.2, 0.25) is 5.91 Å². The zero-order valence-electron chi connectivity index (χ0n) is 15.4. The average molecular weight is 353 g/mol. The van der Waals surface area contributed by atoms with Crippen molar-refractivity contribution in [2.75, 3.05) is 50.8 Å². The number of aryl methyl sites for hydroxylation is 1. The van der Waals surface area contributed by atoms with Gasteiger partial charge in [-0.1, -0.05) is 30.3 Å². The van der Waals surface area contributed by atoms with Crippen LogP contribution in [0.5, 0.6) is 5.75 Å². The first-order chi connectivity index (χ1) is 12.7. The Morgan fingerprint density at radius 2 is 1.81 bits per heavy atom. The van der Waals surface area contributed by atoms with E-state index in [9.17, 15) is 4.79 Å². The monoisotopic (exact) mass is 353 g/mol. The Kier molecular flexibility index (Phi) is 6.50. The Balaban J connectivity index is 1.33. The van der Waals surface area contributed by atoms with Crippen LogP contribution in [0.4, 0.5) is 5.69 Å². The number of nitrogens with zero attached hydrogens (tertiary/aromatic N) is 2. The maximum atomic E-state index is 12.1. The van der Waals surface area contributed by atoms with Crippen LogP contribution in [0.2, 0.25) is 0 Å². The molecule has 0 aliphatic carbocycles. The van der Waals surface area contributed by atoms with E-state index in [0.29, 0.717) is 19.7 Å². The number of benzene rings is 2. The molecule has 5 heteroatoms. The molecule has 0 bridgehead atoms. The molecule has 0 aromatic heterocycles. The fourth-order valence-corrected chi connectivity index (χ4v) is 3.12. The van der Waals surface area contributed by atoms with E-state index >= 15 is 0 Å². The minimum atomic E-state index is 0.0608. The van der Waals surface area contributed by atoms with Crippen molar-refractivity contribution in [1.29, 1.82) is 0 Å². The first-order valence-corrected chi connectivity index (χ1v) is 9.19. The van der Waals surface area contributed by atoms with E-state index in [4.69, 9.17) is 4.74 Å². The van der Waals surface area contributed by atoms with Gasteiger partial charge in [0, 0.05) is 31.9 Å². The molecule has 3 rings (SSSR count). The summed E-state index contributed by atoms with van der Waals surface area (Å²) in [7, 11) is 0. The van der Waals surface area contributed by atoms with Crippen molar-refractivity contribution in [3.05, 3.63) is 60.2 Å². The number of para-hydroxylation sites is 1. The second-order valence-electron chi connectivity index (χ2n) is 6.61. The number of carbonyl (C=O) groups excluding carboxylic acids is 1. The van der Waals surface area contributed by atoms with Gasteiger partial charge < -0.3 is 15.0 Å². The molecule has 2 aromatic rings. The van der Waals surface area contributed by atoms with Crippen LogP contribution in [-0.2, 0) is 4.79 Å². The molecule has 5 nitrogen and oxygen atoms in total. The molecule has 2 aromatic carbocycles. The van der Waals surface area contributed by atoms with Crippen LogP contribution in [0, 0.1) is 6.92 Å². The highest BCUT2D eigenvalue weighted by atomic mass is 16.5. The number of piperazine rings is 1. The van der Waals surface area contributed by atoms with Crippen molar-refractivity contribution >= 4 is 11.6 Å². The SMILES string of the molecule is Cc1cccc(N2CCN(CC(=O)NCCOc3ccccc3)CC2)c1. The molecule has 26 heavy (non-hydrogen) atoms. The van der Waals surface area contributed by atoms with Crippen molar-refractivity contribution < 1.29 is 9.53 Å². The molecule has 138 valence electrons. The molecule has 0 atom stereocenters. The predicted molar refractivity (Wildman–Crippen MR) is 105 cm³/mol. The highest BCUT2D eigenvalue weighted by Crippen LogP contribution is 2.17. The molecule has 1 N–H and O–H groups in total. The lowest BCUT2D eigenvalue weighted by Crippen LogP contribution is -2.49.